The Hall–Kier alpha value is -1.63. The predicted octanol–water partition coefficient (Wildman–Crippen LogP) is -0.308. The third kappa shape index (κ3) is 3.69. The fraction of sp³-hybridized carbons (Fsp3) is 0.727. The lowest BCUT2D eigenvalue weighted by Crippen LogP contribution is -2.56. The standard InChI is InChI=1S/C11H18N2O5/c12-11(5-1-2-6-11)10(18)13-7(9(16)17)3-4-8(14)15/h7H,1-6,12H2,(H,13,18)(H,14,15)(H,16,17)/t7-/m0/s1. The molecule has 0 bridgehead atoms. The maximum Gasteiger partial charge on any atom is 0.326 e. The number of amides is 1. The summed E-state index contributed by atoms with van der Waals surface area (Å²) in [6.07, 6.45) is 2.29. The van der Waals surface area contributed by atoms with Crippen LogP contribution in [0.4, 0.5) is 0 Å². The molecule has 1 aliphatic carbocycles. The molecule has 18 heavy (non-hydrogen) atoms. The SMILES string of the molecule is NC1(C(=O)N[C@@H](CCC(=O)O)C(=O)O)CCCC1. The van der Waals surface area contributed by atoms with Crippen molar-refractivity contribution < 1.29 is 24.6 Å². The van der Waals surface area contributed by atoms with Crippen molar-refractivity contribution in [2.45, 2.75) is 50.1 Å². The van der Waals surface area contributed by atoms with Crippen LogP contribution in [0.3, 0.4) is 0 Å². The Kier molecular flexibility index (Phi) is 4.66. The first-order valence-corrected chi connectivity index (χ1v) is 5.89. The summed E-state index contributed by atoms with van der Waals surface area (Å²) < 4.78 is 0. The molecule has 1 amide bonds. The molecule has 7 nitrogen and oxygen atoms in total. The highest BCUT2D eigenvalue weighted by Crippen LogP contribution is 2.27. The number of carboxylic acids is 2. The van der Waals surface area contributed by atoms with Crippen LogP contribution in [-0.2, 0) is 14.4 Å². The van der Waals surface area contributed by atoms with Gasteiger partial charge in [-0.15, -0.1) is 0 Å². The van der Waals surface area contributed by atoms with Crippen molar-refractivity contribution in [3.8, 4) is 0 Å². The number of rotatable bonds is 6. The molecule has 0 heterocycles. The first kappa shape index (κ1) is 14.4. The Bertz CT molecular complexity index is 349. The number of hydrogen-bond donors (Lipinski definition) is 4. The predicted molar refractivity (Wildman–Crippen MR) is 61.8 cm³/mol. The third-order valence-corrected chi connectivity index (χ3v) is 3.20. The topological polar surface area (TPSA) is 130 Å². The van der Waals surface area contributed by atoms with Crippen molar-refractivity contribution >= 4 is 17.8 Å². The fourth-order valence-electron chi connectivity index (χ4n) is 2.06. The molecular weight excluding hydrogens is 240 g/mol. The van der Waals surface area contributed by atoms with E-state index < -0.39 is 29.4 Å². The van der Waals surface area contributed by atoms with Gasteiger partial charge < -0.3 is 21.3 Å². The zero-order chi connectivity index (χ0) is 13.8. The molecule has 0 aromatic heterocycles. The van der Waals surface area contributed by atoms with Crippen molar-refractivity contribution in [2.24, 2.45) is 5.73 Å². The molecule has 0 aromatic rings. The van der Waals surface area contributed by atoms with E-state index in [-0.39, 0.29) is 12.8 Å². The number of carboxylic acid groups (broad SMARTS) is 2. The second-order valence-electron chi connectivity index (χ2n) is 4.66. The monoisotopic (exact) mass is 258 g/mol. The second-order valence-corrected chi connectivity index (χ2v) is 4.66. The molecule has 0 spiro atoms. The van der Waals surface area contributed by atoms with Gasteiger partial charge >= 0.3 is 11.9 Å². The summed E-state index contributed by atoms with van der Waals surface area (Å²) in [7, 11) is 0. The highest BCUT2D eigenvalue weighted by atomic mass is 16.4. The molecule has 102 valence electrons. The molecular formula is C11H18N2O5. The maximum atomic E-state index is 11.9. The molecule has 0 saturated heterocycles. The van der Waals surface area contributed by atoms with Gasteiger partial charge in [0.05, 0.1) is 5.54 Å². The minimum atomic E-state index is -1.24. The Morgan fingerprint density at radius 1 is 1.22 bits per heavy atom. The molecule has 1 atom stereocenters. The summed E-state index contributed by atoms with van der Waals surface area (Å²) in [6.45, 7) is 0. The Morgan fingerprint density at radius 3 is 2.22 bits per heavy atom. The van der Waals surface area contributed by atoms with E-state index in [0.29, 0.717) is 12.8 Å². The lowest BCUT2D eigenvalue weighted by atomic mass is 9.97. The minimum Gasteiger partial charge on any atom is -0.481 e. The van der Waals surface area contributed by atoms with Gasteiger partial charge in [-0.3, -0.25) is 9.59 Å². The first-order chi connectivity index (χ1) is 8.35. The van der Waals surface area contributed by atoms with Crippen molar-refractivity contribution in [3.05, 3.63) is 0 Å². The van der Waals surface area contributed by atoms with Crippen molar-refractivity contribution in [2.75, 3.05) is 0 Å². The number of carbonyl (C=O) groups excluding carboxylic acids is 1. The smallest absolute Gasteiger partial charge is 0.326 e. The molecule has 0 aliphatic heterocycles. The van der Waals surface area contributed by atoms with E-state index in [1.165, 1.54) is 0 Å². The van der Waals surface area contributed by atoms with Crippen LogP contribution >= 0.6 is 0 Å². The molecule has 1 saturated carbocycles. The van der Waals surface area contributed by atoms with Crippen LogP contribution in [0, 0.1) is 0 Å². The molecule has 7 heteroatoms. The average molecular weight is 258 g/mol. The van der Waals surface area contributed by atoms with E-state index >= 15 is 0 Å². The van der Waals surface area contributed by atoms with Gasteiger partial charge in [0.15, 0.2) is 0 Å². The van der Waals surface area contributed by atoms with Crippen molar-refractivity contribution in [1.29, 1.82) is 0 Å². The fourth-order valence-corrected chi connectivity index (χ4v) is 2.06. The molecule has 0 radical (unpaired) electrons. The number of hydrogen-bond acceptors (Lipinski definition) is 4. The molecule has 0 aromatic carbocycles. The van der Waals surface area contributed by atoms with Crippen molar-refractivity contribution in [3.63, 3.8) is 0 Å². The summed E-state index contributed by atoms with van der Waals surface area (Å²) >= 11 is 0. The van der Waals surface area contributed by atoms with Gasteiger partial charge in [-0.25, -0.2) is 4.79 Å². The Balaban J connectivity index is 2.57. The van der Waals surface area contributed by atoms with Gasteiger partial charge in [-0.2, -0.15) is 0 Å². The average Bonchev–Trinajstić information content (AvgIpc) is 2.71. The van der Waals surface area contributed by atoms with E-state index in [0.717, 1.165) is 12.8 Å². The lowest BCUT2D eigenvalue weighted by molar-refractivity contribution is -0.143. The lowest BCUT2D eigenvalue weighted by Gasteiger charge is -2.24. The zero-order valence-electron chi connectivity index (χ0n) is 10.0. The van der Waals surface area contributed by atoms with Crippen LogP contribution in [0.1, 0.15) is 38.5 Å². The van der Waals surface area contributed by atoms with E-state index in [2.05, 4.69) is 5.32 Å². The highest BCUT2D eigenvalue weighted by Gasteiger charge is 2.38. The van der Waals surface area contributed by atoms with E-state index in [4.69, 9.17) is 15.9 Å². The number of aliphatic carboxylic acids is 2. The maximum absolute atomic E-state index is 11.9. The summed E-state index contributed by atoms with van der Waals surface area (Å²) in [4.78, 5) is 33.2. The number of carbonyl (C=O) groups is 3. The van der Waals surface area contributed by atoms with Crippen LogP contribution in [0.25, 0.3) is 0 Å². The van der Waals surface area contributed by atoms with Crippen LogP contribution in [0.2, 0.25) is 0 Å². The van der Waals surface area contributed by atoms with Gasteiger partial charge in [0.1, 0.15) is 6.04 Å². The third-order valence-electron chi connectivity index (χ3n) is 3.20. The number of nitrogens with one attached hydrogen (secondary N) is 1. The van der Waals surface area contributed by atoms with Gasteiger partial charge in [0, 0.05) is 6.42 Å². The zero-order valence-corrected chi connectivity index (χ0v) is 10.0. The first-order valence-electron chi connectivity index (χ1n) is 5.89. The summed E-state index contributed by atoms with van der Waals surface area (Å²) in [5.74, 6) is -2.84. The van der Waals surface area contributed by atoms with Crippen LogP contribution in [-0.4, -0.2) is 39.6 Å². The van der Waals surface area contributed by atoms with E-state index in [1.807, 2.05) is 0 Å². The summed E-state index contributed by atoms with van der Waals surface area (Å²) in [6, 6.07) is -1.20. The molecule has 1 fully saturated rings. The van der Waals surface area contributed by atoms with Crippen molar-refractivity contribution in [1.82, 2.24) is 5.32 Å². The summed E-state index contributed by atoms with van der Waals surface area (Å²) in [5.41, 5.74) is 4.88. The van der Waals surface area contributed by atoms with Crippen LogP contribution in [0.5, 0.6) is 0 Å². The van der Waals surface area contributed by atoms with Gasteiger partial charge in [-0.1, -0.05) is 12.8 Å². The molecule has 1 rings (SSSR count). The molecule has 1 aliphatic rings. The minimum absolute atomic E-state index is 0.146. The largest absolute Gasteiger partial charge is 0.481 e. The van der Waals surface area contributed by atoms with Crippen LogP contribution < -0.4 is 11.1 Å². The van der Waals surface area contributed by atoms with Gasteiger partial charge in [0.2, 0.25) is 5.91 Å². The Morgan fingerprint density at radius 2 is 1.78 bits per heavy atom. The van der Waals surface area contributed by atoms with Crippen LogP contribution in [0.15, 0.2) is 0 Å². The normalized spacial score (nSPS) is 19.2. The highest BCUT2D eigenvalue weighted by molar-refractivity contribution is 5.90. The summed E-state index contributed by atoms with van der Waals surface area (Å²) in [5, 5.41) is 19.8. The van der Waals surface area contributed by atoms with E-state index in [9.17, 15) is 14.4 Å². The number of nitrogens with two attached hydrogens (primary N) is 1. The molecule has 0 unspecified atom stereocenters. The quantitative estimate of drug-likeness (QED) is 0.517. The second kappa shape index (κ2) is 5.81. The molecule has 5 N–H and O–H groups in total. The van der Waals surface area contributed by atoms with E-state index in [1.54, 1.807) is 0 Å². The van der Waals surface area contributed by atoms with Gasteiger partial charge in [-0.05, 0) is 19.3 Å². The van der Waals surface area contributed by atoms with Gasteiger partial charge in [0.25, 0.3) is 0 Å². The Labute approximate surface area is 104 Å².